The van der Waals surface area contributed by atoms with Crippen molar-refractivity contribution in [3.8, 4) is 0 Å². The van der Waals surface area contributed by atoms with E-state index in [0.717, 1.165) is 9.35 Å². The molecule has 96 valence electrons. The minimum atomic E-state index is -0.369. The number of rotatable bonds is 4. The predicted octanol–water partition coefficient (Wildman–Crippen LogP) is 4.42. The minimum absolute atomic E-state index is 0.0720. The quantitative estimate of drug-likeness (QED) is 0.858. The molecular formula is C12H11BrClFN2S. The molecule has 2 aromatic rings. The number of nitrogens with one attached hydrogen (secondary N) is 1. The Hall–Kier alpha value is -0.620. The molecule has 18 heavy (non-hydrogen) atoms. The van der Waals surface area contributed by atoms with Crippen molar-refractivity contribution in [2.75, 3.05) is 11.9 Å². The highest BCUT2D eigenvalue weighted by molar-refractivity contribution is 9.10. The zero-order chi connectivity index (χ0) is 13.1. The summed E-state index contributed by atoms with van der Waals surface area (Å²) in [5.41, 5.74) is 6.37. The van der Waals surface area contributed by atoms with Crippen LogP contribution in [-0.4, -0.2) is 6.54 Å². The van der Waals surface area contributed by atoms with Gasteiger partial charge in [-0.3, -0.25) is 0 Å². The van der Waals surface area contributed by atoms with Crippen LogP contribution in [0.25, 0.3) is 0 Å². The Kier molecular flexibility index (Phi) is 4.61. The standard InChI is InChI=1S/C12H11BrClFN2S/c13-10-1-2-18-12(10)11(6-16)17-9-4-7(14)3-8(15)5-9/h1-5,11,17H,6,16H2. The first-order chi connectivity index (χ1) is 8.60. The van der Waals surface area contributed by atoms with Crippen LogP contribution in [0, 0.1) is 5.82 Å². The molecule has 1 heterocycles. The van der Waals surface area contributed by atoms with E-state index in [2.05, 4.69) is 21.2 Å². The first kappa shape index (κ1) is 13.8. The van der Waals surface area contributed by atoms with E-state index in [1.807, 2.05) is 11.4 Å². The van der Waals surface area contributed by atoms with Crippen LogP contribution < -0.4 is 11.1 Å². The number of hydrogen-bond acceptors (Lipinski definition) is 3. The fraction of sp³-hybridized carbons (Fsp3) is 0.167. The van der Waals surface area contributed by atoms with Crippen molar-refractivity contribution in [1.82, 2.24) is 0 Å². The van der Waals surface area contributed by atoms with E-state index in [-0.39, 0.29) is 11.9 Å². The summed E-state index contributed by atoms with van der Waals surface area (Å²) in [7, 11) is 0. The highest BCUT2D eigenvalue weighted by Crippen LogP contribution is 2.31. The van der Waals surface area contributed by atoms with Gasteiger partial charge in [-0.25, -0.2) is 4.39 Å². The second-order valence-corrected chi connectivity index (χ2v) is 5.96. The topological polar surface area (TPSA) is 38.0 Å². The predicted molar refractivity (Wildman–Crippen MR) is 78.8 cm³/mol. The van der Waals surface area contributed by atoms with Crippen LogP contribution in [0.4, 0.5) is 10.1 Å². The Bertz CT molecular complexity index is 526. The van der Waals surface area contributed by atoms with Crippen LogP contribution >= 0.6 is 38.9 Å². The molecule has 0 spiro atoms. The molecule has 0 aliphatic rings. The summed E-state index contributed by atoms with van der Waals surface area (Å²) in [5, 5.41) is 5.52. The van der Waals surface area contributed by atoms with Crippen LogP contribution in [0.5, 0.6) is 0 Å². The molecule has 0 saturated heterocycles. The molecule has 0 aliphatic carbocycles. The third-order valence-electron chi connectivity index (χ3n) is 2.40. The van der Waals surface area contributed by atoms with Crippen molar-refractivity contribution >= 4 is 44.6 Å². The van der Waals surface area contributed by atoms with Crippen molar-refractivity contribution < 1.29 is 4.39 Å². The van der Waals surface area contributed by atoms with Crippen molar-refractivity contribution in [2.24, 2.45) is 5.73 Å². The van der Waals surface area contributed by atoms with Crippen LogP contribution in [0.1, 0.15) is 10.9 Å². The Balaban J connectivity index is 2.23. The van der Waals surface area contributed by atoms with Gasteiger partial charge in [0.15, 0.2) is 0 Å². The van der Waals surface area contributed by atoms with Crippen LogP contribution in [0.2, 0.25) is 5.02 Å². The molecule has 1 unspecified atom stereocenters. The maximum Gasteiger partial charge on any atom is 0.126 e. The molecule has 0 radical (unpaired) electrons. The van der Waals surface area contributed by atoms with Gasteiger partial charge < -0.3 is 11.1 Å². The Morgan fingerprint density at radius 2 is 2.22 bits per heavy atom. The molecule has 1 atom stereocenters. The van der Waals surface area contributed by atoms with E-state index in [1.54, 1.807) is 17.4 Å². The van der Waals surface area contributed by atoms with Crippen molar-refractivity contribution in [1.29, 1.82) is 0 Å². The monoisotopic (exact) mass is 348 g/mol. The fourth-order valence-corrected chi connectivity index (χ4v) is 3.56. The zero-order valence-corrected chi connectivity index (χ0v) is 12.4. The molecule has 1 aromatic carbocycles. The van der Waals surface area contributed by atoms with E-state index in [1.165, 1.54) is 12.1 Å². The summed E-state index contributed by atoms with van der Waals surface area (Å²) in [6.45, 7) is 0.410. The molecule has 0 saturated carbocycles. The van der Waals surface area contributed by atoms with Crippen molar-refractivity contribution in [3.63, 3.8) is 0 Å². The maximum absolute atomic E-state index is 13.2. The van der Waals surface area contributed by atoms with Gasteiger partial charge in [0, 0.05) is 26.6 Å². The normalized spacial score (nSPS) is 12.4. The molecule has 6 heteroatoms. The summed E-state index contributed by atoms with van der Waals surface area (Å²) in [4.78, 5) is 1.08. The number of benzene rings is 1. The highest BCUT2D eigenvalue weighted by Gasteiger charge is 2.14. The summed E-state index contributed by atoms with van der Waals surface area (Å²) in [5.74, 6) is -0.369. The van der Waals surface area contributed by atoms with Crippen LogP contribution in [-0.2, 0) is 0 Å². The number of hydrogen-bond donors (Lipinski definition) is 2. The van der Waals surface area contributed by atoms with Gasteiger partial charge in [-0.1, -0.05) is 11.6 Å². The van der Waals surface area contributed by atoms with Gasteiger partial charge in [-0.05, 0) is 45.6 Å². The second-order valence-electron chi connectivity index (χ2n) is 3.72. The Labute approximate surface area is 122 Å². The van der Waals surface area contributed by atoms with Gasteiger partial charge in [0.2, 0.25) is 0 Å². The first-order valence-electron chi connectivity index (χ1n) is 5.25. The zero-order valence-electron chi connectivity index (χ0n) is 9.29. The minimum Gasteiger partial charge on any atom is -0.376 e. The summed E-state index contributed by atoms with van der Waals surface area (Å²) in [6, 6.07) is 6.23. The number of thiophene rings is 1. The lowest BCUT2D eigenvalue weighted by molar-refractivity contribution is 0.628. The lowest BCUT2D eigenvalue weighted by Crippen LogP contribution is -2.20. The second kappa shape index (κ2) is 6.02. The largest absolute Gasteiger partial charge is 0.376 e. The molecule has 2 rings (SSSR count). The molecule has 3 N–H and O–H groups in total. The average molecular weight is 350 g/mol. The lowest BCUT2D eigenvalue weighted by Gasteiger charge is -2.17. The van der Waals surface area contributed by atoms with E-state index < -0.39 is 0 Å². The van der Waals surface area contributed by atoms with Gasteiger partial charge in [-0.15, -0.1) is 11.3 Å². The number of anilines is 1. The summed E-state index contributed by atoms with van der Waals surface area (Å²) in [6.07, 6.45) is 0. The number of halogens is 3. The fourth-order valence-electron chi connectivity index (χ4n) is 1.62. The van der Waals surface area contributed by atoms with Gasteiger partial charge in [-0.2, -0.15) is 0 Å². The molecule has 0 fully saturated rings. The van der Waals surface area contributed by atoms with Gasteiger partial charge in [0.1, 0.15) is 5.82 Å². The third kappa shape index (κ3) is 3.23. The van der Waals surface area contributed by atoms with Crippen LogP contribution in [0.15, 0.2) is 34.1 Å². The third-order valence-corrected chi connectivity index (χ3v) is 4.60. The first-order valence-corrected chi connectivity index (χ1v) is 7.31. The lowest BCUT2D eigenvalue weighted by atomic mass is 10.2. The SMILES string of the molecule is NCC(Nc1cc(F)cc(Cl)c1)c1sccc1Br. The summed E-state index contributed by atoms with van der Waals surface area (Å²) < 4.78 is 14.2. The summed E-state index contributed by atoms with van der Waals surface area (Å²) >= 11 is 10.9. The van der Waals surface area contributed by atoms with Crippen molar-refractivity contribution in [3.05, 3.63) is 49.8 Å². The number of nitrogens with two attached hydrogens (primary N) is 1. The molecule has 0 amide bonds. The Morgan fingerprint density at radius 1 is 1.44 bits per heavy atom. The van der Waals surface area contributed by atoms with Crippen molar-refractivity contribution in [2.45, 2.75) is 6.04 Å². The molecule has 2 nitrogen and oxygen atoms in total. The van der Waals surface area contributed by atoms with E-state index in [4.69, 9.17) is 17.3 Å². The molecule has 1 aromatic heterocycles. The van der Waals surface area contributed by atoms with Gasteiger partial charge in [0.25, 0.3) is 0 Å². The average Bonchev–Trinajstić information content (AvgIpc) is 2.71. The van der Waals surface area contributed by atoms with Crippen LogP contribution in [0.3, 0.4) is 0 Å². The smallest absolute Gasteiger partial charge is 0.126 e. The molecule has 0 aliphatic heterocycles. The van der Waals surface area contributed by atoms with Gasteiger partial charge >= 0.3 is 0 Å². The highest BCUT2D eigenvalue weighted by atomic mass is 79.9. The van der Waals surface area contributed by atoms with Gasteiger partial charge in [0.05, 0.1) is 6.04 Å². The van der Waals surface area contributed by atoms with E-state index in [9.17, 15) is 4.39 Å². The van der Waals surface area contributed by atoms with E-state index in [0.29, 0.717) is 17.3 Å². The Morgan fingerprint density at radius 3 is 2.78 bits per heavy atom. The maximum atomic E-state index is 13.2. The molecular weight excluding hydrogens is 339 g/mol. The van der Waals surface area contributed by atoms with E-state index >= 15 is 0 Å². The molecule has 0 bridgehead atoms.